The van der Waals surface area contributed by atoms with Crippen LogP contribution in [0, 0.1) is 5.82 Å². The number of aliphatic hydroxyl groups is 2. The highest BCUT2D eigenvalue weighted by atomic mass is 19.1. The Hall–Kier alpha value is -1.96. The van der Waals surface area contributed by atoms with Crippen LogP contribution in [-0.4, -0.2) is 40.2 Å². The molecule has 1 aromatic carbocycles. The molecule has 6 nitrogen and oxygen atoms in total. The molecule has 0 saturated carbocycles. The summed E-state index contributed by atoms with van der Waals surface area (Å²) < 4.78 is 21.5. The average Bonchev–Trinajstić information content (AvgIpc) is 2.81. The van der Waals surface area contributed by atoms with Crippen LogP contribution in [-0.2, 0) is 21.5 Å². The molecule has 0 bridgehead atoms. The molecule has 1 amide bonds. The van der Waals surface area contributed by atoms with Gasteiger partial charge in [-0.3, -0.25) is 4.79 Å². The van der Waals surface area contributed by atoms with E-state index in [9.17, 15) is 19.4 Å². The van der Waals surface area contributed by atoms with E-state index in [2.05, 4.69) is 5.32 Å². The van der Waals surface area contributed by atoms with Gasteiger partial charge in [-0.05, 0) is 26.0 Å². The van der Waals surface area contributed by atoms with Crippen molar-refractivity contribution in [3.8, 4) is 0 Å². The second-order valence-electron chi connectivity index (χ2n) is 6.31. The summed E-state index contributed by atoms with van der Waals surface area (Å²) in [5.41, 5.74) is 0.760. The number of aliphatic hydroxyl groups excluding tert-OH is 2. The molecule has 0 radical (unpaired) electrons. The van der Waals surface area contributed by atoms with Crippen LogP contribution in [0.15, 0.2) is 18.2 Å². The minimum atomic E-state index is -1.09. The normalized spacial score (nSPS) is 23.3. The maximum absolute atomic E-state index is 14.1. The van der Waals surface area contributed by atoms with Crippen molar-refractivity contribution in [2.24, 2.45) is 0 Å². The topological polar surface area (TPSA) is 83.7 Å². The summed E-state index contributed by atoms with van der Waals surface area (Å²) in [7, 11) is 0. The number of ether oxygens (including phenoxy) is 1. The van der Waals surface area contributed by atoms with Gasteiger partial charge in [0, 0.05) is 17.1 Å². The quantitative estimate of drug-likeness (QED) is 0.745. The first kappa shape index (κ1) is 15.9. The Balaban J connectivity index is 2.23. The number of carbonyl (C=O) groups excluding carboxylic acids is 1. The second kappa shape index (κ2) is 5.59. The van der Waals surface area contributed by atoms with Crippen LogP contribution in [0.1, 0.15) is 19.5 Å². The number of aromatic nitrogens is 1. The number of halogens is 1. The van der Waals surface area contributed by atoms with Crippen molar-refractivity contribution in [3.05, 3.63) is 29.7 Å². The Morgan fingerprint density at radius 1 is 1.48 bits per heavy atom. The molecule has 2 heterocycles. The van der Waals surface area contributed by atoms with Gasteiger partial charge in [-0.25, -0.2) is 4.39 Å². The standard InChI is InChI=1S/C16H19FN2O4/c1-16(2)14-4-9-3-12(18-8-21)11(17)5-13(9)19(14)6-10(7-20)23-15(16)22/h3-5,8,10,15,20,22H,6-7H2,1-2H3,(H,18,21). The molecular formula is C16H19FN2O4. The number of anilines is 1. The SMILES string of the molecule is CC1(C)c2cc3cc(NC=O)c(F)cc3n2CC(CO)OC1O. The van der Waals surface area contributed by atoms with Gasteiger partial charge >= 0.3 is 0 Å². The zero-order chi connectivity index (χ0) is 16.8. The number of benzene rings is 1. The summed E-state index contributed by atoms with van der Waals surface area (Å²) >= 11 is 0. The zero-order valence-corrected chi connectivity index (χ0v) is 12.9. The number of fused-ring (bicyclic) bond motifs is 3. The van der Waals surface area contributed by atoms with Crippen LogP contribution in [0.25, 0.3) is 10.9 Å². The lowest BCUT2D eigenvalue weighted by atomic mass is 9.88. The fourth-order valence-electron chi connectivity index (χ4n) is 3.01. The summed E-state index contributed by atoms with van der Waals surface area (Å²) in [6.07, 6.45) is -1.26. The highest BCUT2D eigenvalue weighted by molar-refractivity contribution is 5.88. The van der Waals surface area contributed by atoms with Gasteiger partial charge in [-0.15, -0.1) is 0 Å². The Bertz CT molecular complexity index is 756. The average molecular weight is 322 g/mol. The third-order valence-corrected chi connectivity index (χ3v) is 4.39. The molecule has 0 aliphatic carbocycles. The van der Waals surface area contributed by atoms with Crippen LogP contribution in [0.5, 0.6) is 0 Å². The van der Waals surface area contributed by atoms with Gasteiger partial charge in [0.05, 0.1) is 29.8 Å². The van der Waals surface area contributed by atoms with Crippen molar-refractivity contribution in [2.45, 2.75) is 38.2 Å². The van der Waals surface area contributed by atoms with Gasteiger partial charge in [0.2, 0.25) is 6.41 Å². The van der Waals surface area contributed by atoms with Crippen molar-refractivity contribution in [2.75, 3.05) is 11.9 Å². The lowest BCUT2D eigenvalue weighted by molar-refractivity contribution is -0.173. The van der Waals surface area contributed by atoms with Crippen molar-refractivity contribution < 1.29 is 24.1 Å². The largest absolute Gasteiger partial charge is 0.394 e. The summed E-state index contributed by atoms with van der Waals surface area (Å²) in [5.74, 6) is -0.547. The fourth-order valence-corrected chi connectivity index (χ4v) is 3.01. The smallest absolute Gasteiger partial charge is 0.211 e. The molecule has 124 valence electrons. The van der Waals surface area contributed by atoms with E-state index in [-0.39, 0.29) is 12.3 Å². The van der Waals surface area contributed by atoms with Gasteiger partial charge in [0.1, 0.15) is 11.9 Å². The van der Waals surface area contributed by atoms with E-state index in [1.165, 1.54) is 6.07 Å². The second-order valence-corrected chi connectivity index (χ2v) is 6.31. The summed E-state index contributed by atoms with van der Waals surface area (Å²) in [5, 5.41) is 22.8. The number of carbonyl (C=O) groups is 1. The van der Waals surface area contributed by atoms with Crippen LogP contribution < -0.4 is 5.32 Å². The summed E-state index contributed by atoms with van der Waals surface area (Å²) in [6.45, 7) is 3.70. The Morgan fingerprint density at radius 3 is 2.87 bits per heavy atom. The number of nitrogens with one attached hydrogen (secondary N) is 1. The predicted molar refractivity (Wildman–Crippen MR) is 82.6 cm³/mol. The number of hydrogen-bond acceptors (Lipinski definition) is 4. The summed E-state index contributed by atoms with van der Waals surface area (Å²) in [6, 6.07) is 4.74. The van der Waals surface area contributed by atoms with Gasteiger partial charge in [-0.2, -0.15) is 0 Å². The van der Waals surface area contributed by atoms with Crippen molar-refractivity contribution in [3.63, 3.8) is 0 Å². The molecule has 0 spiro atoms. The maximum atomic E-state index is 14.1. The molecule has 1 aliphatic heterocycles. The minimum absolute atomic E-state index is 0.0987. The number of nitrogens with zero attached hydrogens (tertiary/aromatic N) is 1. The lowest BCUT2D eigenvalue weighted by Crippen LogP contribution is -2.37. The highest BCUT2D eigenvalue weighted by Crippen LogP contribution is 2.37. The van der Waals surface area contributed by atoms with E-state index < -0.39 is 23.6 Å². The first-order valence-corrected chi connectivity index (χ1v) is 7.36. The first-order chi connectivity index (χ1) is 10.9. The van der Waals surface area contributed by atoms with E-state index in [0.717, 1.165) is 11.1 Å². The zero-order valence-electron chi connectivity index (χ0n) is 12.9. The van der Waals surface area contributed by atoms with E-state index in [0.29, 0.717) is 18.5 Å². The molecule has 1 aromatic heterocycles. The summed E-state index contributed by atoms with van der Waals surface area (Å²) in [4.78, 5) is 10.6. The van der Waals surface area contributed by atoms with Crippen LogP contribution in [0.4, 0.5) is 10.1 Å². The fraction of sp³-hybridized carbons (Fsp3) is 0.438. The molecule has 0 saturated heterocycles. The monoisotopic (exact) mass is 322 g/mol. The van der Waals surface area contributed by atoms with Crippen LogP contribution >= 0.6 is 0 Å². The molecular weight excluding hydrogens is 303 g/mol. The molecule has 1 aliphatic rings. The van der Waals surface area contributed by atoms with E-state index >= 15 is 0 Å². The molecule has 23 heavy (non-hydrogen) atoms. The van der Waals surface area contributed by atoms with Gasteiger partial charge < -0.3 is 24.8 Å². The predicted octanol–water partition coefficient (Wildman–Crippen LogP) is 1.34. The molecule has 3 rings (SSSR count). The number of rotatable bonds is 3. The first-order valence-electron chi connectivity index (χ1n) is 7.36. The van der Waals surface area contributed by atoms with Crippen molar-refractivity contribution in [1.82, 2.24) is 4.57 Å². The molecule has 7 heteroatoms. The van der Waals surface area contributed by atoms with Gasteiger partial charge in [0.15, 0.2) is 6.29 Å². The number of amides is 1. The number of hydrogen-bond donors (Lipinski definition) is 3. The lowest BCUT2D eigenvalue weighted by Gasteiger charge is -2.29. The molecule has 2 atom stereocenters. The Kier molecular flexibility index (Phi) is 3.87. The maximum Gasteiger partial charge on any atom is 0.211 e. The van der Waals surface area contributed by atoms with Gasteiger partial charge in [0.25, 0.3) is 0 Å². The highest BCUT2D eigenvalue weighted by Gasteiger charge is 2.39. The Labute approximate surface area is 132 Å². The third-order valence-electron chi connectivity index (χ3n) is 4.39. The van der Waals surface area contributed by atoms with E-state index in [1.54, 1.807) is 6.07 Å². The minimum Gasteiger partial charge on any atom is -0.394 e. The van der Waals surface area contributed by atoms with Crippen LogP contribution in [0.3, 0.4) is 0 Å². The molecule has 2 aromatic rings. The van der Waals surface area contributed by atoms with Crippen molar-refractivity contribution >= 4 is 23.0 Å². The van der Waals surface area contributed by atoms with Gasteiger partial charge in [-0.1, -0.05) is 0 Å². The van der Waals surface area contributed by atoms with E-state index in [4.69, 9.17) is 4.74 Å². The van der Waals surface area contributed by atoms with Crippen LogP contribution in [0.2, 0.25) is 0 Å². The van der Waals surface area contributed by atoms with Crippen molar-refractivity contribution in [1.29, 1.82) is 0 Å². The third kappa shape index (κ3) is 2.50. The molecule has 0 fully saturated rings. The Morgan fingerprint density at radius 2 is 2.22 bits per heavy atom. The molecule has 3 N–H and O–H groups in total. The molecule has 2 unspecified atom stereocenters. The van der Waals surface area contributed by atoms with E-state index in [1.807, 2.05) is 24.5 Å².